The molecule has 0 aliphatic carbocycles. The molecular formula is C18H23NO4. The molecule has 1 aromatic carbocycles. The topological polar surface area (TPSA) is 60.5 Å². The second-order valence-electron chi connectivity index (χ2n) is 6.46. The molecule has 1 heterocycles. The predicted octanol–water partition coefficient (Wildman–Crippen LogP) is 4.09. The lowest BCUT2D eigenvalue weighted by Gasteiger charge is -2.19. The van der Waals surface area contributed by atoms with Gasteiger partial charge in [-0.2, -0.15) is 0 Å². The fraction of sp³-hybridized carbons (Fsp3) is 0.389. The van der Waals surface area contributed by atoms with Crippen LogP contribution in [0.25, 0.3) is 10.9 Å². The normalized spacial score (nSPS) is 11.3. The van der Waals surface area contributed by atoms with E-state index in [0.717, 1.165) is 5.57 Å². The molecule has 1 N–H and O–H groups in total. The first kappa shape index (κ1) is 16.9. The smallest absolute Gasteiger partial charge is 0.344 e. The van der Waals surface area contributed by atoms with E-state index >= 15 is 0 Å². The fourth-order valence-electron chi connectivity index (χ4n) is 2.17. The van der Waals surface area contributed by atoms with Gasteiger partial charge in [0, 0.05) is 5.39 Å². The molecule has 0 radical (unpaired) electrons. The minimum atomic E-state index is -0.592. The molecular weight excluding hydrogens is 294 g/mol. The number of aromatic nitrogens is 1. The largest absolute Gasteiger partial charge is 0.495 e. The number of esters is 1. The number of ether oxygens (including phenoxy) is 3. The third-order valence-corrected chi connectivity index (χ3v) is 3.05. The maximum Gasteiger partial charge on any atom is 0.344 e. The maximum absolute atomic E-state index is 12.6. The van der Waals surface area contributed by atoms with Crippen LogP contribution in [0.1, 0.15) is 38.1 Å². The molecule has 2 aromatic rings. The van der Waals surface area contributed by atoms with Gasteiger partial charge < -0.3 is 19.2 Å². The number of H-pyrrole nitrogens is 1. The van der Waals surface area contributed by atoms with Gasteiger partial charge in [0.2, 0.25) is 5.88 Å². The third-order valence-electron chi connectivity index (χ3n) is 3.05. The summed E-state index contributed by atoms with van der Waals surface area (Å²) in [6, 6.07) is 5.48. The monoisotopic (exact) mass is 317 g/mol. The van der Waals surface area contributed by atoms with Crippen LogP contribution in [0.4, 0.5) is 0 Å². The van der Waals surface area contributed by atoms with Crippen LogP contribution < -0.4 is 9.47 Å². The van der Waals surface area contributed by atoms with Gasteiger partial charge in [-0.1, -0.05) is 18.7 Å². The number of nitrogens with one attached hydrogen (secondary N) is 1. The van der Waals surface area contributed by atoms with Gasteiger partial charge in [-0.05, 0) is 39.3 Å². The van der Waals surface area contributed by atoms with E-state index in [-0.39, 0.29) is 0 Å². The molecule has 2 rings (SSSR count). The number of hydrogen-bond acceptors (Lipinski definition) is 4. The molecule has 5 nitrogen and oxygen atoms in total. The van der Waals surface area contributed by atoms with Crippen LogP contribution in [-0.4, -0.2) is 30.3 Å². The molecule has 0 bridgehead atoms. The van der Waals surface area contributed by atoms with Gasteiger partial charge in [0.1, 0.15) is 23.5 Å². The van der Waals surface area contributed by atoms with Crippen molar-refractivity contribution in [3.63, 3.8) is 0 Å². The van der Waals surface area contributed by atoms with Gasteiger partial charge >= 0.3 is 5.97 Å². The first-order chi connectivity index (χ1) is 10.7. The number of benzene rings is 1. The van der Waals surface area contributed by atoms with E-state index < -0.39 is 11.6 Å². The zero-order valence-corrected chi connectivity index (χ0v) is 14.3. The molecule has 0 spiro atoms. The average Bonchev–Trinajstić information content (AvgIpc) is 2.81. The number of aromatic amines is 1. The first-order valence-electron chi connectivity index (χ1n) is 7.42. The fourth-order valence-corrected chi connectivity index (χ4v) is 2.17. The molecule has 0 unspecified atom stereocenters. The van der Waals surface area contributed by atoms with Crippen LogP contribution in [0, 0.1) is 0 Å². The van der Waals surface area contributed by atoms with E-state index in [0.29, 0.717) is 34.7 Å². The van der Waals surface area contributed by atoms with Gasteiger partial charge in [-0.3, -0.25) is 0 Å². The van der Waals surface area contributed by atoms with Gasteiger partial charge in [0.25, 0.3) is 0 Å². The van der Waals surface area contributed by atoms with Crippen LogP contribution in [0.15, 0.2) is 30.4 Å². The summed E-state index contributed by atoms with van der Waals surface area (Å²) < 4.78 is 16.6. The van der Waals surface area contributed by atoms with Crippen LogP contribution >= 0.6 is 0 Å². The van der Waals surface area contributed by atoms with Crippen molar-refractivity contribution in [3.8, 4) is 11.6 Å². The van der Waals surface area contributed by atoms with E-state index in [9.17, 15) is 4.79 Å². The lowest BCUT2D eigenvalue weighted by atomic mass is 10.1. The summed E-state index contributed by atoms with van der Waals surface area (Å²) in [7, 11) is 1.58. The molecule has 0 saturated carbocycles. The molecule has 0 aliphatic rings. The Morgan fingerprint density at radius 3 is 2.57 bits per heavy atom. The number of fused-ring (bicyclic) bond motifs is 1. The Morgan fingerprint density at radius 1 is 1.30 bits per heavy atom. The molecule has 0 fully saturated rings. The number of carbonyl (C=O) groups excluding carboxylic acids is 1. The summed E-state index contributed by atoms with van der Waals surface area (Å²) in [5.74, 6) is 0.563. The Morgan fingerprint density at radius 2 is 2.00 bits per heavy atom. The molecule has 0 atom stereocenters. The second-order valence-corrected chi connectivity index (χ2v) is 6.46. The summed E-state index contributed by atoms with van der Waals surface area (Å²) in [4.78, 5) is 15.7. The number of carbonyl (C=O) groups is 1. The van der Waals surface area contributed by atoms with Crippen molar-refractivity contribution in [3.05, 3.63) is 35.9 Å². The number of methoxy groups -OCH3 is 1. The molecule has 0 amide bonds. The van der Waals surface area contributed by atoms with Crippen LogP contribution in [0.3, 0.4) is 0 Å². The van der Waals surface area contributed by atoms with Crippen LogP contribution in [0.5, 0.6) is 11.6 Å². The third kappa shape index (κ3) is 3.86. The summed E-state index contributed by atoms with van der Waals surface area (Å²) >= 11 is 0. The van der Waals surface area contributed by atoms with Crippen LogP contribution in [-0.2, 0) is 4.74 Å². The minimum Gasteiger partial charge on any atom is -0.495 e. The summed E-state index contributed by atoms with van der Waals surface area (Å²) in [5, 5.41) is 0.704. The highest BCUT2D eigenvalue weighted by Crippen LogP contribution is 2.35. The van der Waals surface area contributed by atoms with Gasteiger partial charge in [0.05, 0.1) is 12.6 Å². The standard InChI is InChI=1S/C18H23NO4/c1-11(2)10-22-16-14(17(20)23-18(3,4)5)12-8-7-9-13(21-6)15(12)19-16/h7-9,19H,1,10H2,2-6H3. The van der Waals surface area contributed by atoms with E-state index in [2.05, 4.69) is 11.6 Å². The van der Waals surface area contributed by atoms with Crippen molar-refractivity contribution in [1.82, 2.24) is 4.98 Å². The van der Waals surface area contributed by atoms with Crippen molar-refractivity contribution < 1.29 is 19.0 Å². The highest BCUT2D eigenvalue weighted by atomic mass is 16.6. The Labute approximate surface area is 136 Å². The predicted molar refractivity (Wildman–Crippen MR) is 90.3 cm³/mol. The highest BCUT2D eigenvalue weighted by molar-refractivity contribution is 6.08. The quantitative estimate of drug-likeness (QED) is 0.666. The van der Waals surface area contributed by atoms with Crippen molar-refractivity contribution in [2.45, 2.75) is 33.3 Å². The average molecular weight is 317 g/mol. The molecule has 1 aromatic heterocycles. The zero-order chi connectivity index (χ0) is 17.2. The Kier molecular flexibility index (Phi) is 4.68. The summed E-state index contributed by atoms with van der Waals surface area (Å²) in [5.41, 5.74) is 1.33. The van der Waals surface area contributed by atoms with Crippen LogP contribution in [0.2, 0.25) is 0 Å². The lowest BCUT2D eigenvalue weighted by molar-refractivity contribution is 0.00684. The van der Waals surface area contributed by atoms with E-state index in [1.807, 2.05) is 45.9 Å². The van der Waals surface area contributed by atoms with E-state index in [4.69, 9.17) is 14.2 Å². The Bertz CT molecular complexity index is 737. The second kappa shape index (κ2) is 6.36. The molecule has 5 heteroatoms. The number of rotatable bonds is 5. The van der Waals surface area contributed by atoms with Crippen molar-refractivity contribution in [1.29, 1.82) is 0 Å². The van der Waals surface area contributed by atoms with E-state index in [1.54, 1.807) is 7.11 Å². The molecule has 23 heavy (non-hydrogen) atoms. The molecule has 0 saturated heterocycles. The summed E-state index contributed by atoms with van der Waals surface area (Å²) in [6.07, 6.45) is 0. The minimum absolute atomic E-state index is 0.310. The zero-order valence-electron chi connectivity index (χ0n) is 14.3. The van der Waals surface area contributed by atoms with Gasteiger partial charge in [-0.15, -0.1) is 0 Å². The lowest BCUT2D eigenvalue weighted by Crippen LogP contribution is -2.24. The van der Waals surface area contributed by atoms with Gasteiger partial charge in [-0.25, -0.2) is 4.79 Å². The van der Waals surface area contributed by atoms with Gasteiger partial charge in [0.15, 0.2) is 0 Å². The molecule has 124 valence electrons. The van der Waals surface area contributed by atoms with E-state index in [1.165, 1.54) is 0 Å². The summed E-state index contributed by atoms with van der Waals surface area (Å²) in [6.45, 7) is 11.5. The van der Waals surface area contributed by atoms with Crippen molar-refractivity contribution in [2.24, 2.45) is 0 Å². The first-order valence-corrected chi connectivity index (χ1v) is 7.42. The Hall–Kier alpha value is -2.43. The molecule has 0 aliphatic heterocycles. The maximum atomic E-state index is 12.6. The van der Waals surface area contributed by atoms with Crippen molar-refractivity contribution in [2.75, 3.05) is 13.7 Å². The SMILES string of the molecule is C=C(C)COc1[nH]c2c(OC)cccc2c1C(=O)OC(C)(C)C. The number of para-hydroxylation sites is 1. The number of hydrogen-bond donors (Lipinski definition) is 1. The highest BCUT2D eigenvalue weighted by Gasteiger charge is 2.26. The Balaban J connectivity index is 2.55. The van der Waals surface area contributed by atoms with Crippen molar-refractivity contribution >= 4 is 16.9 Å².